The molecule has 1 aromatic heterocycles. The van der Waals surface area contributed by atoms with E-state index in [0.717, 1.165) is 73.7 Å². The first-order valence-electron chi connectivity index (χ1n) is 15.1. The van der Waals surface area contributed by atoms with Crippen molar-refractivity contribution in [2.24, 2.45) is 5.92 Å². The van der Waals surface area contributed by atoms with Crippen LogP contribution in [0.2, 0.25) is 5.02 Å². The predicted octanol–water partition coefficient (Wildman–Crippen LogP) is 5.14. The van der Waals surface area contributed by atoms with Gasteiger partial charge in [-0.25, -0.2) is 4.39 Å². The Morgan fingerprint density at radius 1 is 1.21 bits per heavy atom. The molecule has 0 N–H and O–H groups in total. The van der Waals surface area contributed by atoms with Crippen molar-refractivity contribution in [1.82, 2.24) is 19.8 Å². The SMILES string of the molecule is C=C(F)C(=O)N1CCN(c2nc(OCC3CCCN3CC)nc3c2CCC(CCc2ccccc2Cl)C3)CC1CC#N. The van der Waals surface area contributed by atoms with Crippen LogP contribution in [-0.4, -0.2) is 77.1 Å². The zero-order valence-electron chi connectivity index (χ0n) is 24.4. The number of nitrogens with zero attached hydrogens (tertiary/aromatic N) is 6. The molecule has 5 rings (SSSR count). The molecule has 42 heavy (non-hydrogen) atoms. The van der Waals surface area contributed by atoms with Gasteiger partial charge in [0.05, 0.1) is 24.2 Å². The maximum Gasteiger partial charge on any atom is 0.318 e. The standard InChI is InChI=1S/C32H40ClFN6O2/c1-3-38-16-6-8-26(38)21-42-32-36-29-19-23(10-12-24-7-4-5-9-28(24)33)11-13-27(29)30(37-32)39-17-18-40(31(41)22(2)34)25(20-39)14-15-35/h4-5,7,9,23,25-26H,2-3,6,8,10-14,16-21H2,1H3. The highest BCUT2D eigenvalue weighted by Crippen LogP contribution is 2.35. The minimum atomic E-state index is -1.00. The van der Waals surface area contributed by atoms with Gasteiger partial charge in [-0.15, -0.1) is 0 Å². The quantitative estimate of drug-likeness (QED) is 0.352. The Labute approximate surface area is 253 Å². The largest absolute Gasteiger partial charge is 0.462 e. The van der Waals surface area contributed by atoms with Crippen LogP contribution in [0.4, 0.5) is 10.2 Å². The molecule has 3 unspecified atom stereocenters. The van der Waals surface area contributed by atoms with Gasteiger partial charge in [0.1, 0.15) is 12.4 Å². The Morgan fingerprint density at radius 3 is 2.81 bits per heavy atom. The number of piperazine rings is 1. The molecule has 2 aliphatic heterocycles. The summed E-state index contributed by atoms with van der Waals surface area (Å²) < 4.78 is 20.0. The van der Waals surface area contributed by atoms with Crippen LogP contribution in [0.3, 0.4) is 0 Å². The first-order chi connectivity index (χ1) is 20.4. The number of carbonyl (C=O) groups is 1. The molecule has 3 atom stereocenters. The Balaban J connectivity index is 1.38. The summed E-state index contributed by atoms with van der Waals surface area (Å²) in [5.41, 5.74) is 3.29. The number of amides is 1. The predicted molar refractivity (Wildman–Crippen MR) is 161 cm³/mol. The lowest BCUT2D eigenvalue weighted by molar-refractivity contribution is -0.131. The molecule has 224 valence electrons. The molecule has 2 aromatic rings. The van der Waals surface area contributed by atoms with Gasteiger partial charge in [-0.1, -0.05) is 43.3 Å². The fourth-order valence-electron chi connectivity index (χ4n) is 6.70. The van der Waals surface area contributed by atoms with Gasteiger partial charge >= 0.3 is 6.01 Å². The molecular weight excluding hydrogens is 555 g/mol. The molecule has 2 saturated heterocycles. The van der Waals surface area contributed by atoms with Crippen molar-refractivity contribution in [3.05, 3.63) is 58.5 Å². The number of halogens is 2. The summed E-state index contributed by atoms with van der Waals surface area (Å²) >= 11 is 6.42. The van der Waals surface area contributed by atoms with E-state index >= 15 is 0 Å². The minimum absolute atomic E-state index is 0.102. The van der Waals surface area contributed by atoms with Crippen LogP contribution in [0.5, 0.6) is 6.01 Å². The van der Waals surface area contributed by atoms with Crippen molar-refractivity contribution in [3.63, 3.8) is 0 Å². The first kappa shape index (κ1) is 30.2. The molecular formula is C32H40ClFN6O2. The average Bonchev–Trinajstić information content (AvgIpc) is 3.46. The fourth-order valence-corrected chi connectivity index (χ4v) is 6.93. The number of aryl methyl sites for hydroxylation is 1. The van der Waals surface area contributed by atoms with Crippen LogP contribution in [0.1, 0.15) is 55.8 Å². The smallest absolute Gasteiger partial charge is 0.318 e. The second kappa shape index (κ2) is 13.8. The third kappa shape index (κ3) is 6.87. The van der Waals surface area contributed by atoms with Crippen molar-refractivity contribution in [2.45, 2.75) is 70.4 Å². The summed E-state index contributed by atoms with van der Waals surface area (Å²) in [5, 5.41) is 10.3. The van der Waals surface area contributed by atoms with Crippen molar-refractivity contribution >= 4 is 23.3 Å². The molecule has 2 fully saturated rings. The molecule has 0 spiro atoms. The average molecular weight is 595 g/mol. The second-order valence-electron chi connectivity index (χ2n) is 11.6. The summed E-state index contributed by atoms with van der Waals surface area (Å²) in [7, 11) is 0. The number of fused-ring (bicyclic) bond motifs is 1. The molecule has 0 radical (unpaired) electrons. The van der Waals surface area contributed by atoms with E-state index < -0.39 is 17.8 Å². The van der Waals surface area contributed by atoms with Gasteiger partial charge in [-0.05, 0) is 75.6 Å². The van der Waals surface area contributed by atoms with E-state index in [9.17, 15) is 14.4 Å². The van der Waals surface area contributed by atoms with E-state index in [0.29, 0.717) is 37.7 Å². The van der Waals surface area contributed by atoms with Crippen molar-refractivity contribution in [2.75, 3.05) is 44.2 Å². The minimum Gasteiger partial charge on any atom is -0.462 e. The second-order valence-corrected chi connectivity index (χ2v) is 12.0. The summed E-state index contributed by atoms with van der Waals surface area (Å²) in [6, 6.07) is 10.5. The molecule has 1 amide bonds. The number of likely N-dealkylation sites (tertiary alicyclic amines) is 1. The van der Waals surface area contributed by atoms with Gasteiger partial charge in [0.15, 0.2) is 5.83 Å². The van der Waals surface area contributed by atoms with Crippen molar-refractivity contribution in [3.8, 4) is 12.1 Å². The number of nitriles is 1. The Kier molecular flexibility index (Phi) is 9.96. The zero-order valence-corrected chi connectivity index (χ0v) is 25.2. The summed E-state index contributed by atoms with van der Waals surface area (Å²) in [4.78, 5) is 28.3. The van der Waals surface area contributed by atoms with Gasteiger partial charge in [-0.2, -0.15) is 15.2 Å². The third-order valence-electron chi connectivity index (χ3n) is 9.03. The number of anilines is 1. The number of hydrogen-bond donors (Lipinski definition) is 0. The van der Waals surface area contributed by atoms with Crippen molar-refractivity contribution < 1.29 is 13.9 Å². The number of carbonyl (C=O) groups excluding carboxylic acids is 1. The maximum atomic E-state index is 13.8. The number of rotatable bonds is 10. The van der Waals surface area contributed by atoms with Crippen LogP contribution in [-0.2, 0) is 24.1 Å². The van der Waals surface area contributed by atoms with E-state index in [-0.39, 0.29) is 13.0 Å². The van der Waals surface area contributed by atoms with Crippen LogP contribution in [0.15, 0.2) is 36.7 Å². The Bertz CT molecular complexity index is 1330. The van der Waals surface area contributed by atoms with Crippen LogP contribution in [0.25, 0.3) is 0 Å². The normalized spacial score (nSPS) is 22.5. The summed E-state index contributed by atoms with van der Waals surface area (Å²) in [5.74, 6) is -0.474. The number of benzene rings is 1. The zero-order chi connectivity index (χ0) is 29.6. The van der Waals surface area contributed by atoms with Crippen LogP contribution in [0, 0.1) is 17.2 Å². The van der Waals surface area contributed by atoms with Gasteiger partial charge in [0.25, 0.3) is 5.91 Å². The van der Waals surface area contributed by atoms with Gasteiger partial charge in [0.2, 0.25) is 0 Å². The van der Waals surface area contributed by atoms with Crippen LogP contribution >= 0.6 is 11.6 Å². The van der Waals surface area contributed by atoms with Gasteiger partial charge in [0, 0.05) is 36.3 Å². The van der Waals surface area contributed by atoms with Gasteiger partial charge in [-0.3, -0.25) is 9.69 Å². The van der Waals surface area contributed by atoms with E-state index in [2.05, 4.69) is 35.4 Å². The maximum absolute atomic E-state index is 13.8. The molecule has 1 aliphatic carbocycles. The number of likely N-dealkylation sites (N-methyl/N-ethyl adjacent to an activating group) is 1. The highest BCUT2D eigenvalue weighted by atomic mass is 35.5. The Morgan fingerprint density at radius 2 is 2.05 bits per heavy atom. The van der Waals surface area contributed by atoms with E-state index in [4.69, 9.17) is 26.3 Å². The molecule has 0 bridgehead atoms. The topological polar surface area (TPSA) is 85.6 Å². The van der Waals surface area contributed by atoms with Crippen molar-refractivity contribution in [1.29, 1.82) is 5.26 Å². The van der Waals surface area contributed by atoms with E-state index in [1.165, 1.54) is 16.9 Å². The molecule has 0 saturated carbocycles. The van der Waals surface area contributed by atoms with Crippen LogP contribution < -0.4 is 9.64 Å². The molecule has 3 aliphatic rings. The van der Waals surface area contributed by atoms with Gasteiger partial charge < -0.3 is 14.5 Å². The van der Waals surface area contributed by atoms with E-state index in [1.807, 2.05) is 18.2 Å². The molecule has 1 aromatic carbocycles. The fraction of sp³-hybridized carbons (Fsp3) is 0.562. The van der Waals surface area contributed by atoms with E-state index in [1.54, 1.807) is 0 Å². The number of hydrogen-bond acceptors (Lipinski definition) is 7. The lowest BCUT2D eigenvalue weighted by Gasteiger charge is -2.42. The Hall–Kier alpha value is -3.22. The number of ether oxygens (including phenoxy) is 1. The highest BCUT2D eigenvalue weighted by molar-refractivity contribution is 6.31. The molecule has 10 heteroatoms. The summed E-state index contributed by atoms with van der Waals surface area (Å²) in [6.07, 6.45) is 6.99. The first-order valence-corrected chi connectivity index (χ1v) is 15.5. The molecule has 3 heterocycles. The molecule has 8 nitrogen and oxygen atoms in total. The third-order valence-corrected chi connectivity index (χ3v) is 9.40. The number of aromatic nitrogens is 2. The monoisotopic (exact) mass is 594 g/mol. The lowest BCUT2D eigenvalue weighted by atomic mass is 9.83. The highest BCUT2D eigenvalue weighted by Gasteiger charge is 2.35. The lowest BCUT2D eigenvalue weighted by Crippen LogP contribution is -2.55. The summed E-state index contributed by atoms with van der Waals surface area (Å²) in [6.45, 7) is 9.13.